The fourth-order valence-corrected chi connectivity index (χ4v) is 7.97. The largest absolute Gasteiger partial charge is 0.416 e. The van der Waals surface area contributed by atoms with Crippen molar-refractivity contribution in [2.45, 2.75) is 122 Å². The molecule has 0 aromatic carbocycles. The molecule has 0 unspecified atom stereocenters. The first-order valence-corrected chi connectivity index (χ1v) is 15.4. The van der Waals surface area contributed by atoms with Crippen molar-refractivity contribution >= 4 is 23.2 Å². The summed E-state index contributed by atoms with van der Waals surface area (Å²) in [5, 5.41) is 12.9. The fraction of sp³-hybridized carbons (Fsp3) is 0.724. The van der Waals surface area contributed by atoms with Crippen LogP contribution in [0.4, 0.5) is 0 Å². The van der Waals surface area contributed by atoms with Crippen LogP contribution < -0.4 is 10.1 Å². The number of aromatic nitrogens is 3. The van der Waals surface area contributed by atoms with Crippen molar-refractivity contribution in [2.24, 2.45) is 5.92 Å². The Morgan fingerprint density at radius 1 is 1.05 bits per heavy atom. The Morgan fingerprint density at radius 2 is 1.76 bits per heavy atom. The average Bonchev–Trinajstić information content (AvgIpc) is 3.57. The molecule has 2 aliphatic heterocycles. The summed E-state index contributed by atoms with van der Waals surface area (Å²) in [7, 11) is 0. The lowest BCUT2D eigenvalue weighted by Crippen LogP contribution is -2.45. The molecule has 1 aliphatic carbocycles. The van der Waals surface area contributed by atoms with Crippen LogP contribution in [0.3, 0.4) is 0 Å². The summed E-state index contributed by atoms with van der Waals surface area (Å²) >= 11 is 1.47. The third-order valence-corrected chi connectivity index (χ3v) is 9.87. The first-order valence-electron chi connectivity index (χ1n) is 14.6. The molecule has 208 valence electrons. The van der Waals surface area contributed by atoms with E-state index >= 15 is 0 Å². The molecule has 9 heteroatoms. The van der Waals surface area contributed by atoms with E-state index < -0.39 is 0 Å². The number of esters is 1. The SMILES string of the molecule is CC(=O)Oc1ccc([C@H](CCN2[C@@H]3CC[C@H]2C[C@H](n2c(C)nnc2C(C)C)C3)NC(=O)C2CCCCC2)s1. The van der Waals surface area contributed by atoms with Crippen LogP contribution in [0.5, 0.6) is 5.06 Å². The van der Waals surface area contributed by atoms with Gasteiger partial charge >= 0.3 is 5.97 Å². The van der Waals surface area contributed by atoms with Crippen LogP contribution in [0.25, 0.3) is 0 Å². The number of carbonyl (C=O) groups is 2. The number of hydrogen-bond donors (Lipinski definition) is 1. The van der Waals surface area contributed by atoms with Gasteiger partial charge in [-0.25, -0.2) is 0 Å². The first kappa shape index (κ1) is 27.3. The molecular formula is C29H43N5O3S. The molecule has 5 rings (SSSR count). The Balaban J connectivity index is 1.27. The summed E-state index contributed by atoms with van der Waals surface area (Å²) in [4.78, 5) is 28.5. The lowest BCUT2D eigenvalue weighted by atomic mass is 9.88. The number of nitrogens with one attached hydrogen (secondary N) is 1. The highest BCUT2D eigenvalue weighted by Crippen LogP contribution is 2.43. The quantitative estimate of drug-likeness (QED) is 0.410. The fourth-order valence-electron chi connectivity index (χ4n) is 6.99. The number of amides is 1. The van der Waals surface area contributed by atoms with E-state index in [1.54, 1.807) is 0 Å². The monoisotopic (exact) mass is 541 g/mol. The molecule has 2 aromatic heterocycles. The minimum atomic E-state index is -0.315. The van der Waals surface area contributed by atoms with Gasteiger partial charge in [0, 0.05) is 48.3 Å². The molecule has 0 spiro atoms. The van der Waals surface area contributed by atoms with E-state index in [9.17, 15) is 9.59 Å². The highest BCUT2D eigenvalue weighted by molar-refractivity contribution is 7.14. The molecule has 1 saturated carbocycles. The molecule has 2 saturated heterocycles. The number of thiophene rings is 1. The summed E-state index contributed by atoms with van der Waals surface area (Å²) in [5.74, 6) is 2.48. The van der Waals surface area contributed by atoms with Gasteiger partial charge in [0.2, 0.25) is 5.91 Å². The van der Waals surface area contributed by atoms with E-state index in [1.165, 1.54) is 37.5 Å². The van der Waals surface area contributed by atoms with E-state index in [0.29, 0.717) is 29.1 Å². The number of carbonyl (C=O) groups excluding carboxylic acids is 2. The van der Waals surface area contributed by atoms with Gasteiger partial charge in [0.1, 0.15) is 11.6 Å². The van der Waals surface area contributed by atoms with Gasteiger partial charge in [-0.3, -0.25) is 14.5 Å². The van der Waals surface area contributed by atoms with Gasteiger partial charge < -0.3 is 14.6 Å². The number of piperidine rings is 1. The highest BCUT2D eigenvalue weighted by Gasteiger charge is 2.42. The van der Waals surface area contributed by atoms with Crippen LogP contribution in [0.2, 0.25) is 0 Å². The normalized spacial score (nSPS) is 25.0. The Bertz CT molecular complexity index is 1110. The average molecular weight is 542 g/mol. The number of hydrogen-bond acceptors (Lipinski definition) is 7. The second-order valence-corrected chi connectivity index (χ2v) is 12.9. The Labute approximate surface area is 230 Å². The van der Waals surface area contributed by atoms with E-state index in [0.717, 1.165) is 68.0 Å². The highest BCUT2D eigenvalue weighted by atomic mass is 32.1. The molecule has 1 N–H and O–H groups in total. The van der Waals surface area contributed by atoms with Gasteiger partial charge in [0.15, 0.2) is 5.06 Å². The number of ether oxygens (including phenoxy) is 1. The lowest BCUT2D eigenvalue weighted by molar-refractivity contribution is -0.131. The molecule has 2 bridgehead atoms. The molecule has 1 amide bonds. The number of aryl methyl sites for hydroxylation is 1. The topological polar surface area (TPSA) is 89.3 Å². The molecule has 3 fully saturated rings. The summed E-state index contributed by atoms with van der Waals surface area (Å²) < 4.78 is 7.74. The molecule has 3 aliphatic rings. The Hall–Kier alpha value is -2.26. The lowest BCUT2D eigenvalue weighted by Gasteiger charge is -2.40. The number of nitrogens with zero attached hydrogens (tertiary/aromatic N) is 4. The van der Waals surface area contributed by atoms with Crippen LogP contribution in [-0.2, 0) is 9.59 Å². The Morgan fingerprint density at radius 3 is 2.42 bits per heavy atom. The van der Waals surface area contributed by atoms with Crippen molar-refractivity contribution in [3.05, 3.63) is 28.7 Å². The molecule has 0 radical (unpaired) electrons. The molecule has 8 nitrogen and oxygen atoms in total. The number of rotatable bonds is 9. The summed E-state index contributed by atoms with van der Waals surface area (Å²) in [5.41, 5.74) is 0. The molecule has 2 aromatic rings. The second kappa shape index (κ2) is 11.9. The van der Waals surface area contributed by atoms with Crippen molar-refractivity contribution in [2.75, 3.05) is 6.54 Å². The van der Waals surface area contributed by atoms with Crippen molar-refractivity contribution in [1.29, 1.82) is 0 Å². The zero-order chi connectivity index (χ0) is 26.8. The van der Waals surface area contributed by atoms with E-state index in [-0.39, 0.29) is 23.8 Å². The zero-order valence-corrected chi connectivity index (χ0v) is 24.1. The zero-order valence-electron chi connectivity index (χ0n) is 23.3. The van der Waals surface area contributed by atoms with Crippen molar-refractivity contribution in [3.8, 4) is 5.06 Å². The predicted octanol–water partition coefficient (Wildman–Crippen LogP) is 5.69. The second-order valence-electron chi connectivity index (χ2n) is 11.8. The predicted molar refractivity (Wildman–Crippen MR) is 148 cm³/mol. The summed E-state index contributed by atoms with van der Waals surface area (Å²) in [6.45, 7) is 8.85. The van der Waals surface area contributed by atoms with Crippen molar-refractivity contribution in [1.82, 2.24) is 25.0 Å². The van der Waals surface area contributed by atoms with Crippen LogP contribution in [-0.4, -0.2) is 50.2 Å². The third kappa shape index (κ3) is 5.98. The molecule has 4 heterocycles. The van der Waals surface area contributed by atoms with E-state index in [4.69, 9.17) is 4.74 Å². The minimum absolute atomic E-state index is 0.0662. The summed E-state index contributed by atoms with van der Waals surface area (Å²) in [6.07, 6.45) is 11.1. The Kier molecular flexibility index (Phi) is 8.53. The van der Waals surface area contributed by atoms with Gasteiger partial charge in [0.25, 0.3) is 0 Å². The maximum absolute atomic E-state index is 13.2. The number of fused-ring (bicyclic) bond motifs is 2. The van der Waals surface area contributed by atoms with E-state index in [1.807, 2.05) is 12.1 Å². The smallest absolute Gasteiger partial charge is 0.308 e. The van der Waals surface area contributed by atoms with Gasteiger partial charge in [-0.1, -0.05) is 33.1 Å². The molecule has 4 atom stereocenters. The van der Waals surface area contributed by atoms with Gasteiger partial charge in [-0.15, -0.1) is 21.5 Å². The maximum atomic E-state index is 13.2. The van der Waals surface area contributed by atoms with Crippen LogP contribution in [0.1, 0.15) is 120 Å². The van der Waals surface area contributed by atoms with Crippen LogP contribution >= 0.6 is 11.3 Å². The van der Waals surface area contributed by atoms with Gasteiger partial charge in [-0.2, -0.15) is 0 Å². The standard InChI is InChI=1S/C29H43N5O3S/c1-18(2)28-32-31-19(3)34(28)24-16-22-10-11-23(17-24)33(22)15-14-25(26-12-13-27(38-26)37-20(4)35)30-29(36)21-8-6-5-7-9-21/h12-13,18,21-25H,5-11,14-17H2,1-4H3,(H,30,36)/t22-,23+,24-,25-/m0/s1. The van der Waals surface area contributed by atoms with Gasteiger partial charge in [0.05, 0.1) is 6.04 Å². The minimum Gasteiger partial charge on any atom is -0.416 e. The van der Waals surface area contributed by atoms with Gasteiger partial charge in [-0.05, 0) is 64.0 Å². The molecule has 38 heavy (non-hydrogen) atoms. The van der Waals surface area contributed by atoms with Crippen molar-refractivity contribution < 1.29 is 14.3 Å². The maximum Gasteiger partial charge on any atom is 0.308 e. The third-order valence-electron chi connectivity index (χ3n) is 8.79. The summed E-state index contributed by atoms with van der Waals surface area (Å²) in [6, 6.07) is 5.36. The van der Waals surface area contributed by atoms with E-state index in [2.05, 4.69) is 45.8 Å². The van der Waals surface area contributed by atoms with Crippen molar-refractivity contribution in [3.63, 3.8) is 0 Å². The molecular weight excluding hydrogens is 498 g/mol. The first-order chi connectivity index (χ1) is 18.3. The van der Waals surface area contributed by atoms with Crippen LogP contribution in [0.15, 0.2) is 12.1 Å². The van der Waals surface area contributed by atoms with Crippen LogP contribution in [0, 0.1) is 12.8 Å².